The molecule has 0 N–H and O–H groups in total. The molecule has 35 heavy (non-hydrogen) atoms. The third-order valence-corrected chi connectivity index (χ3v) is 11.4. The Kier molecular flexibility index (Phi) is 10.7. The molecule has 0 aliphatic carbocycles. The van der Waals surface area contributed by atoms with Gasteiger partial charge >= 0.3 is 5.97 Å². The zero-order chi connectivity index (χ0) is 26.2. The molecule has 0 bridgehead atoms. The fourth-order valence-corrected chi connectivity index (χ4v) is 4.93. The van der Waals surface area contributed by atoms with Gasteiger partial charge in [-0.2, -0.15) is 0 Å². The van der Waals surface area contributed by atoms with Crippen molar-refractivity contribution in [1.82, 2.24) is 0 Å². The lowest BCUT2D eigenvalue weighted by molar-refractivity contribution is -0.176. The summed E-state index contributed by atoms with van der Waals surface area (Å²) in [6.45, 7) is 13.0. The van der Waals surface area contributed by atoms with E-state index in [2.05, 4.69) is 33.9 Å². The molecule has 1 aromatic carbocycles. The zero-order valence-corrected chi connectivity index (χ0v) is 23.4. The number of carbonyl (C=O) groups is 2. The molecular formula is C27H42O7Si. The van der Waals surface area contributed by atoms with Crippen molar-refractivity contribution in [1.29, 1.82) is 0 Å². The summed E-state index contributed by atoms with van der Waals surface area (Å²) in [7, 11) is 0.715. The van der Waals surface area contributed by atoms with Crippen LogP contribution in [0.2, 0.25) is 18.1 Å². The summed E-state index contributed by atoms with van der Waals surface area (Å²) >= 11 is 0. The summed E-state index contributed by atoms with van der Waals surface area (Å²) in [5.74, 6) is -0.0980. The second-order valence-electron chi connectivity index (χ2n) is 10.5. The Labute approximate surface area is 211 Å². The Balaban J connectivity index is 2.30. The second kappa shape index (κ2) is 12.8. The van der Waals surface area contributed by atoms with Gasteiger partial charge in [0.2, 0.25) is 0 Å². The summed E-state index contributed by atoms with van der Waals surface area (Å²) in [4.78, 5) is 24.7. The predicted octanol–water partition coefficient (Wildman–Crippen LogP) is 5.08. The number of hydrogen-bond acceptors (Lipinski definition) is 7. The highest BCUT2D eigenvalue weighted by Gasteiger charge is 2.44. The lowest BCUT2D eigenvalue weighted by atomic mass is 9.94. The summed E-state index contributed by atoms with van der Waals surface area (Å²) in [6, 6.07) is 7.66. The molecular weight excluding hydrogens is 464 g/mol. The second-order valence-corrected chi connectivity index (χ2v) is 15.2. The number of benzene rings is 1. The van der Waals surface area contributed by atoms with Crippen LogP contribution in [-0.2, 0) is 34.8 Å². The van der Waals surface area contributed by atoms with Crippen molar-refractivity contribution >= 4 is 20.6 Å². The molecule has 1 aliphatic heterocycles. The van der Waals surface area contributed by atoms with Crippen LogP contribution in [0.25, 0.3) is 0 Å². The topological polar surface area (TPSA) is 80.3 Å². The summed E-state index contributed by atoms with van der Waals surface area (Å²) < 4.78 is 29.5. The molecule has 0 aromatic heterocycles. The van der Waals surface area contributed by atoms with Crippen LogP contribution in [0.1, 0.15) is 46.1 Å². The molecule has 196 valence electrons. The molecule has 0 spiro atoms. The number of aldehydes is 1. The molecule has 0 saturated carbocycles. The largest absolute Gasteiger partial charge is 0.497 e. The van der Waals surface area contributed by atoms with Crippen LogP contribution in [0.5, 0.6) is 5.75 Å². The van der Waals surface area contributed by atoms with Crippen LogP contribution in [0.4, 0.5) is 0 Å². The van der Waals surface area contributed by atoms with E-state index in [1.54, 1.807) is 13.2 Å². The lowest BCUT2D eigenvalue weighted by Crippen LogP contribution is -2.51. The highest BCUT2D eigenvalue weighted by molar-refractivity contribution is 6.74. The van der Waals surface area contributed by atoms with E-state index in [-0.39, 0.29) is 17.1 Å². The van der Waals surface area contributed by atoms with Gasteiger partial charge in [-0.3, -0.25) is 0 Å². The normalized spacial score (nSPS) is 25.1. The van der Waals surface area contributed by atoms with Gasteiger partial charge in [0.15, 0.2) is 14.4 Å². The van der Waals surface area contributed by atoms with Gasteiger partial charge in [0, 0.05) is 5.92 Å². The molecule has 1 heterocycles. The fraction of sp³-hybridized carbons (Fsp3) is 0.630. The van der Waals surface area contributed by atoms with Crippen molar-refractivity contribution in [3.63, 3.8) is 0 Å². The number of hydrogen-bond donors (Lipinski definition) is 0. The van der Waals surface area contributed by atoms with Crippen molar-refractivity contribution < 1.29 is 33.0 Å². The Morgan fingerprint density at radius 2 is 1.83 bits per heavy atom. The van der Waals surface area contributed by atoms with E-state index in [1.165, 1.54) is 7.11 Å². The molecule has 7 nitrogen and oxygen atoms in total. The number of methoxy groups -OCH3 is 2. The molecule has 0 radical (unpaired) electrons. The van der Waals surface area contributed by atoms with Crippen LogP contribution in [-0.4, -0.2) is 59.2 Å². The fourth-order valence-electron chi connectivity index (χ4n) is 3.70. The number of ether oxygens (including phenoxy) is 4. The molecule has 1 aliphatic rings. The van der Waals surface area contributed by atoms with Crippen LogP contribution < -0.4 is 4.74 Å². The van der Waals surface area contributed by atoms with E-state index in [4.69, 9.17) is 23.4 Å². The minimum absolute atomic E-state index is 0.0687. The van der Waals surface area contributed by atoms with E-state index in [0.29, 0.717) is 19.4 Å². The highest BCUT2D eigenvalue weighted by Crippen LogP contribution is 2.38. The van der Waals surface area contributed by atoms with Crippen LogP contribution in [0.3, 0.4) is 0 Å². The first kappa shape index (κ1) is 29.2. The first-order chi connectivity index (χ1) is 16.4. The Bertz CT molecular complexity index is 844. The van der Waals surface area contributed by atoms with Crippen molar-refractivity contribution in [2.75, 3.05) is 14.2 Å². The maximum Gasteiger partial charge on any atom is 0.338 e. The van der Waals surface area contributed by atoms with E-state index in [9.17, 15) is 9.59 Å². The van der Waals surface area contributed by atoms with Crippen molar-refractivity contribution in [2.45, 2.75) is 89.7 Å². The van der Waals surface area contributed by atoms with Gasteiger partial charge in [-0.15, -0.1) is 0 Å². The van der Waals surface area contributed by atoms with Crippen LogP contribution in [0.15, 0.2) is 36.4 Å². The molecule has 2 rings (SSSR count). The van der Waals surface area contributed by atoms with Crippen LogP contribution >= 0.6 is 0 Å². The van der Waals surface area contributed by atoms with Gasteiger partial charge in [0.1, 0.15) is 18.1 Å². The quantitative estimate of drug-likeness (QED) is 0.189. The molecule has 1 aromatic rings. The van der Waals surface area contributed by atoms with Gasteiger partial charge in [-0.25, -0.2) is 4.79 Å². The third kappa shape index (κ3) is 8.00. The molecule has 0 fully saturated rings. The van der Waals surface area contributed by atoms with Gasteiger partial charge in [0.25, 0.3) is 0 Å². The predicted molar refractivity (Wildman–Crippen MR) is 138 cm³/mol. The molecule has 8 heteroatoms. The average Bonchev–Trinajstić information content (AvgIpc) is 2.81. The number of esters is 1. The summed E-state index contributed by atoms with van der Waals surface area (Å²) in [5, 5.41) is -0.0687. The zero-order valence-electron chi connectivity index (χ0n) is 22.4. The van der Waals surface area contributed by atoms with Gasteiger partial charge < -0.3 is 28.2 Å². The first-order valence-electron chi connectivity index (χ1n) is 12.2. The summed E-state index contributed by atoms with van der Waals surface area (Å²) in [6.07, 6.45) is 3.14. The van der Waals surface area contributed by atoms with Crippen molar-refractivity contribution in [3.05, 3.63) is 42.0 Å². The third-order valence-electron chi connectivity index (χ3n) is 6.96. The molecule has 5 atom stereocenters. The van der Waals surface area contributed by atoms with Crippen LogP contribution in [0, 0.1) is 5.92 Å². The summed E-state index contributed by atoms with van der Waals surface area (Å²) in [5.41, 5.74) is 0.991. The van der Waals surface area contributed by atoms with E-state index < -0.39 is 32.6 Å². The Morgan fingerprint density at radius 3 is 2.34 bits per heavy atom. The number of carbonyl (C=O) groups excluding carboxylic acids is 2. The highest BCUT2D eigenvalue weighted by atomic mass is 28.4. The average molecular weight is 507 g/mol. The van der Waals surface area contributed by atoms with Gasteiger partial charge in [0.05, 0.1) is 33.0 Å². The lowest BCUT2D eigenvalue weighted by Gasteiger charge is -2.41. The van der Waals surface area contributed by atoms with E-state index in [1.807, 2.05) is 37.3 Å². The molecule has 0 amide bonds. The standard InChI is InChI=1S/C27H42O7Si/c1-9-22(32-18-19-10-13-21(30-5)14-11-19)24-16-20(17-28)12-15-23(25(33-24)26(29)31-6)34-35(7,8)27(2,3)4/h10-15,17,20,22-25H,9,16,18H2,1-8H3/b15-12-/t20-,22-,23+,24-,25-/m1/s1. The molecule has 0 saturated heterocycles. The Morgan fingerprint density at radius 1 is 1.17 bits per heavy atom. The van der Waals surface area contributed by atoms with Gasteiger partial charge in [-0.1, -0.05) is 52.0 Å². The maximum absolute atomic E-state index is 12.9. The van der Waals surface area contributed by atoms with Gasteiger partial charge in [-0.05, 0) is 48.7 Å². The van der Waals surface area contributed by atoms with Crippen molar-refractivity contribution in [3.8, 4) is 5.75 Å². The monoisotopic (exact) mass is 506 g/mol. The minimum Gasteiger partial charge on any atom is -0.497 e. The van der Waals surface area contributed by atoms with E-state index in [0.717, 1.165) is 17.6 Å². The Hall–Kier alpha value is -2.00. The first-order valence-corrected chi connectivity index (χ1v) is 15.2. The van der Waals surface area contributed by atoms with E-state index >= 15 is 0 Å². The smallest absolute Gasteiger partial charge is 0.338 e. The number of allylic oxidation sites excluding steroid dienone is 1. The molecule has 0 unspecified atom stereocenters. The number of rotatable bonds is 10. The van der Waals surface area contributed by atoms with Crippen molar-refractivity contribution in [2.24, 2.45) is 5.92 Å². The SMILES string of the molecule is CC[C@@H](OCc1ccc(OC)cc1)[C@H]1C[C@H](C=O)/C=C\[C@H](O[Si](C)(C)C(C)(C)C)[C@H](C(=O)OC)O1. The minimum atomic E-state index is -2.26. The maximum atomic E-state index is 12.9.